The van der Waals surface area contributed by atoms with Gasteiger partial charge >= 0.3 is 5.97 Å². The summed E-state index contributed by atoms with van der Waals surface area (Å²) in [5.41, 5.74) is 7.69. The molecule has 0 unspecified atom stereocenters. The lowest BCUT2D eigenvalue weighted by Crippen LogP contribution is -2.44. The van der Waals surface area contributed by atoms with Gasteiger partial charge in [-0.3, -0.25) is 0 Å². The summed E-state index contributed by atoms with van der Waals surface area (Å²) in [6.45, 7) is 3.87. The number of hydrogen-bond donors (Lipinski definition) is 1. The van der Waals surface area contributed by atoms with E-state index in [-0.39, 0.29) is 0 Å². The maximum absolute atomic E-state index is 11.7. The highest BCUT2D eigenvalue weighted by atomic mass is 79.9. The van der Waals surface area contributed by atoms with Gasteiger partial charge in [0.05, 0.1) is 18.4 Å². The van der Waals surface area contributed by atoms with Crippen LogP contribution in [0.5, 0.6) is 0 Å². The van der Waals surface area contributed by atoms with Crippen LogP contribution in [0.3, 0.4) is 0 Å². The molecule has 0 atom stereocenters. The number of nitrogens with two attached hydrogens (primary N) is 1. The highest BCUT2D eigenvalue weighted by Crippen LogP contribution is 2.32. The second-order valence-corrected chi connectivity index (χ2v) is 5.53. The summed E-state index contributed by atoms with van der Waals surface area (Å²) in [5.74, 6) is -0.402. The third-order valence-electron chi connectivity index (χ3n) is 3.37. The molecule has 1 saturated heterocycles. The van der Waals surface area contributed by atoms with Crippen molar-refractivity contribution in [2.75, 3.05) is 51.0 Å². The van der Waals surface area contributed by atoms with E-state index in [2.05, 4.69) is 32.8 Å². The predicted molar refractivity (Wildman–Crippen MR) is 79.6 cm³/mol. The van der Waals surface area contributed by atoms with Crippen molar-refractivity contribution in [1.82, 2.24) is 4.90 Å². The fourth-order valence-electron chi connectivity index (χ4n) is 2.15. The molecule has 2 N–H and O–H groups in total. The lowest BCUT2D eigenvalue weighted by molar-refractivity contribution is 0.0602. The zero-order valence-electron chi connectivity index (χ0n) is 11.1. The van der Waals surface area contributed by atoms with Gasteiger partial charge in [-0.25, -0.2) is 4.79 Å². The Kier molecular flexibility index (Phi) is 4.31. The van der Waals surface area contributed by atoms with Crippen LogP contribution in [0.4, 0.5) is 11.4 Å². The molecule has 5 nitrogen and oxygen atoms in total. The summed E-state index contributed by atoms with van der Waals surface area (Å²) in [4.78, 5) is 16.2. The molecular weight excluding hydrogens is 310 g/mol. The van der Waals surface area contributed by atoms with Crippen LogP contribution in [-0.4, -0.2) is 51.2 Å². The van der Waals surface area contributed by atoms with Gasteiger partial charge in [-0.15, -0.1) is 0 Å². The number of ether oxygens (including phenoxy) is 1. The first-order valence-electron chi connectivity index (χ1n) is 6.13. The SMILES string of the molecule is COC(=O)c1cc(N2CCN(C)CC2)c(Br)cc1N. The minimum Gasteiger partial charge on any atom is -0.465 e. The Morgan fingerprint density at radius 1 is 1.32 bits per heavy atom. The number of rotatable bonds is 2. The second-order valence-electron chi connectivity index (χ2n) is 4.67. The molecule has 2 rings (SSSR count). The molecule has 0 spiro atoms. The van der Waals surface area contributed by atoms with E-state index in [0.29, 0.717) is 11.3 Å². The smallest absolute Gasteiger partial charge is 0.340 e. The van der Waals surface area contributed by atoms with Gasteiger partial charge in [0.25, 0.3) is 0 Å². The average Bonchev–Trinajstić information content (AvgIpc) is 2.39. The maximum atomic E-state index is 11.7. The van der Waals surface area contributed by atoms with Crippen LogP contribution in [0, 0.1) is 0 Å². The lowest BCUT2D eigenvalue weighted by Gasteiger charge is -2.34. The summed E-state index contributed by atoms with van der Waals surface area (Å²) in [6, 6.07) is 3.57. The Morgan fingerprint density at radius 2 is 1.95 bits per heavy atom. The van der Waals surface area contributed by atoms with Crippen molar-refractivity contribution in [1.29, 1.82) is 0 Å². The third kappa shape index (κ3) is 3.01. The van der Waals surface area contributed by atoms with Crippen LogP contribution in [0.25, 0.3) is 0 Å². The summed E-state index contributed by atoms with van der Waals surface area (Å²) < 4.78 is 5.66. The molecular formula is C13H18BrN3O2. The molecule has 104 valence electrons. The number of nitrogen functional groups attached to an aromatic ring is 1. The van der Waals surface area contributed by atoms with Gasteiger partial charge in [0.2, 0.25) is 0 Å². The molecule has 1 aliphatic heterocycles. The van der Waals surface area contributed by atoms with Crippen molar-refractivity contribution < 1.29 is 9.53 Å². The van der Waals surface area contributed by atoms with E-state index in [1.54, 1.807) is 12.1 Å². The van der Waals surface area contributed by atoms with E-state index >= 15 is 0 Å². The maximum Gasteiger partial charge on any atom is 0.340 e. The van der Waals surface area contributed by atoms with Gasteiger partial charge in [-0.1, -0.05) is 0 Å². The number of esters is 1. The molecule has 1 aromatic carbocycles. The number of piperazine rings is 1. The number of benzene rings is 1. The van der Waals surface area contributed by atoms with Crippen molar-refractivity contribution in [3.8, 4) is 0 Å². The van der Waals surface area contributed by atoms with Crippen LogP contribution in [0.2, 0.25) is 0 Å². The van der Waals surface area contributed by atoms with Crippen molar-refractivity contribution in [2.45, 2.75) is 0 Å². The number of methoxy groups -OCH3 is 1. The Hall–Kier alpha value is -1.27. The second kappa shape index (κ2) is 5.79. The summed E-state index contributed by atoms with van der Waals surface area (Å²) in [6.07, 6.45) is 0. The number of nitrogens with zero attached hydrogens (tertiary/aromatic N) is 2. The van der Waals surface area contributed by atoms with Crippen LogP contribution in [0.15, 0.2) is 16.6 Å². The predicted octanol–water partition coefficient (Wildman–Crippen LogP) is 1.57. The minimum absolute atomic E-state index is 0.402. The fourth-order valence-corrected chi connectivity index (χ4v) is 2.77. The van der Waals surface area contributed by atoms with E-state index < -0.39 is 5.97 Å². The first-order chi connectivity index (χ1) is 9.02. The number of hydrogen-bond acceptors (Lipinski definition) is 5. The highest BCUT2D eigenvalue weighted by Gasteiger charge is 2.20. The molecule has 0 aromatic heterocycles. The molecule has 1 heterocycles. The first kappa shape index (κ1) is 14.1. The Bertz CT molecular complexity index is 485. The lowest BCUT2D eigenvalue weighted by atomic mass is 10.1. The van der Waals surface area contributed by atoms with Crippen LogP contribution in [-0.2, 0) is 4.74 Å². The standard InChI is InChI=1S/C13H18BrN3O2/c1-16-3-5-17(6-4-16)12-7-9(13(18)19-2)11(15)8-10(12)14/h7-8H,3-6,15H2,1-2H3. The molecule has 0 aliphatic carbocycles. The topological polar surface area (TPSA) is 58.8 Å². The van der Waals surface area contributed by atoms with Crippen molar-refractivity contribution in [2.24, 2.45) is 0 Å². The number of carbonyl (C=O) groups excluding carboxylic acids is 1. The van der Waals surface area contributed by atoms with E-state index in [9.17, 15) is 4.79 Å². The number of halogens is 1. The zero-order chi connectivity index (χ0) is 14.0. The molecule has 1 fully saturated rings. The number of carbonyl (C=O) groups is 1. The highest BCUT2D eigenvalue weighted by molar-refractivity contribution is 9.10. The normalized spacial score (nSPS) is 16.5. The first-order valence-corrected chi connectivity index (χ1v) is 6.93. The molecule has 19 heavy (non-hydrogen) atoms. The molecule has 6 heteroatoms. The van der Waals surface area contributed by atoms with Crippen molar-refractivity contribution in [3.63, 3.8) is 0 Å². The summed E-state index contributed by atoms with van der Waals surface area (Å²) in [5, 5.41) is 0. The van der Waals surface area contributed by atoms with E-state index in [4.69, 9.17) is 10.5 Å². The minimum atomic E-state index is -0.402. The molecule has 0 bridgehead atoms. The van der Waals surface area contributed by atoms with Crippen molar-refractivity contribution in [3.05, 3.63) is 22.2 Å². The Labute approximate surface area is 121 Å². The Balaban J connectivity index is 2.32. The summed E-state index contributed by atoms with van der Waals surface area (Å²) in [7, 11) is 3.47. The van der Waals surface area contributed by atoms with E-state index in [0.717, 1.165) is 36.3 Å². The molecule has 1 aromatic rings. The van der Waals surface area contributed by atoms with Gasteiger partial charge < -0.3 is 20.3 Å². The average molecular weight is 328 g/mol. The zero-order valence-corrected chi connectivity index (χ0v) is 12.7. The molecule has 0 radical (unpaired) electrons. The largest absolute Gasteiger partial charge is 0.465 e. The van der Waals surface area contributed by atoms with E-state index in [1.807, 2.05) is 0 Å². The number of anilines is 2. The number of likely N-dealkylation sites (N-methyl/N-ethyl adjacent to an activating group) is 1. The van der Waals surface area contributed by atoms with E-state index in [1.165, 1.54) is 7.11 Å². The Morgan fingerprint density at radius 3 is 2.53 bits per heavy atom. The summed E-state index contributed by atoms with van der Waals surface area (Å²) >= 11 is 3.52. The van der Waals surface area contributed by atoms with Crippen LogP contribution < -0.4 is 10.6 Å². The van der Waals surface area contributed by atoms with Gasteiger partial charge in [0.15, 0.2) is 0 Å². The quantitative estimate of drug-likeness (QED) is 0.660. The van der Waals surface area contributed by atoms with Gasteiger partial charge in [0, 0.05) is 36.3 Å². The third-order valence-corrected chi connectivity index (χ3v) is 4.00. The fraction of sp³-hybridized carbons (Fsp3) is 0.462. The molecule has 1 aliphatic rings. The van der Waals surface area contributed by atoms with Crippen LogP contribution in [0.1, 0.15) is 10.4 Å². The monoisotopic (exact) mass is 327 g/mol. The van der Waals surface area contributed by atoms with Crippen LogP contribution >= 0.6 is 15.9 Å². The van der Waals surface area contributed by atoms with Gasteiger partial charge in [-0.05, 0) is 35.1 Å². The molecule has 0 amide bonds. The van der Waals surface area contributed by atoms with Gasteiger partial charge in [-0.2, -0.15) is 0 Å². The van der Waals surface area contributed by atoms with Crippen molar-refractivity contribution >= 4 is 33.3 Å². The molecule has 0 saturated carbocycles. The van der Waals surface area contributed by atoms with Gasteiger partial charge in [0.1, 0.15) is 0 Å².